The summed E-state index contributed by atoms with van der Waals surface area (Å²) in [6.45, 7) is 6.99. The molecule has 0 aromatic heterocycles. The molecule has 0 rings (SSSR count). The van der Waals surface area contributed by atoms with Gasteiger partial charge in [-0.2, -0.15) is 0 Å². The minimum atomic E-state index is -0.0560. The maximum atomic E-state index is 11.8. The van der Waals surface area contributed by atoms with Crippen molar-refractivity contribution in [1.82, 2.24) is 0 Å². The Morgan fingerprint density at radius 1 is 0.529 bits per heavy atom. The van der Waals surface area contributed by atoms with Crippen molar-refractivity contribution in [3.8, 4) is 0 Å². The second-order valence-electron chi connectivity index (χ2n) is 10.2. The Morgan fingerprint density at radius 3 is 1.44 bits per heavy atom. The van der Waals surface area contributed by atoms with Gasteiger partial charge in [0.05, 0.1) is 12.7 Å². The van der Waals surface area contributed by atoms with Gasteiger partial charge in [0, 0.05) is 12.8 Å². The summed E-state index contributed by atoms with van der Waals surface area (Å²) >= 11 is 0. The molecule has 0 amide bonds. The summed E-state index contributed by atoms with van der Waals surface area (Å²) < 4.78 is 10.8. The van der Waals surface area contributed by atoms with E-state index in [9.17, 15) is 9.59 Å². The molecule has 4 heteroatoms. The number of carbonyl (C=O) groups is 2. The summed E-state index contributed by atoms with van der Waals surface area (Å²) in [5.41, 5.74) is 0. The Hall–Kier alpha value is -1.06. The predicted octanol–water partition coefficient (Wildman–Crippen LogP) is 9.47. The third-order valence-electron chi connectivity index (χ3n) is 6.57. The molecule has 0 saturated carbocycles. The lowest BCUT2D eigenvalue weighted by molar-refractivity contribution is -0.148. The summed E-state index contributed by atoms with van der Waals surface area (Å²) in [7, 11) is 0. The van der Waals surface area contributed by atoms with Crippen LogP contribution in [0.1, 0.15) is 168 Å². The molecule has 34 heavy (non-hydrogen) atoms. The van der Waals surface area contributed by atoms with Crippen molar-refractivity contribution in [1.29, 1.82) is 0 Å². The maximum Gasteiger partial charge on any atom is 0.306 e. The van der Waals surface area contributed by atoms with E-state index in [-0.39, 0.29) is 18.0 Å². The van der Waals surface area contributed by atoms with Gasteiger partial charge in [-0.3, -0.25) is 9.59 Å². The number of rotatable bonds is 26. The highest BCUT2D eigenvalue weighted by atomic mass is 16.5. The van der Waals surface area contributed by atoms with Crippen LogP contribution in [0.2, 0.25) is 0 Å². The van der Waals surface area contributed by atoms with Crippen LogP contribution in [0.15, 0.2) is 0 Å². The Kier molecular flexibility index (Phi) is 25.7. The zero-order chi connectivity index (χ0) is 25.1. The lowest BCUT2D eigenvalue weighted by Crippen LogP contribution is -2.14. The second-order valence-corrected chi connectivity index (χ2v) is 10.2. The summed E-state index contributed by atoms with van der Waals surface area (Å²) in [4.78, 5) is 23.6. The number of unbranched alkanes of at least 4 members (excludes halogenated alkanes) is 17. The van der Waals surface area contributed by atoms with Gasteiger partial charge in [0.1, 0.15) is 0 Å². The van der Waals surface area contributed by atoms with E-state index in [1.54, 1.807) is 0 Å². The highest BCUT2D eigenvalue weighted by molar-refractivity contribution is 5.69. The van der Waals surface area contributed by atoms with Crippen LogP contribution in [-0.2, 0) is 19.1 Å². The van der Waals surface area contributed by atoms with E-state index in [1.807, 2.05) is 6.92 Å². The Bertz CT molecular complexity index is 449. The molecule has 1 atom stereocenters. The lowest BCUT2D eigenvalue weighted by atomic mass is 10.1. The first-order chi connectivity index (χ1) is 16.6. The molecule has 0 aliphatic carbocycles. The topological polar surface area (TPSA) is 52.6 Å². The van der Waals surface area contributed by atoms with Gasteiger partial charge in [-0.15, -0.1) is 0 Å². The van der Waals surface area contributed by atoms with Crippen LogP contribution in [-0.4, -0.2) is 24.6 Å². The molecule has 0 heterocycles. The monoisotopic (exact) mass is 482 g/mol. The van der Waals surface area contributed by atoms with Crippen molar-refractivity contribution in [3.05, 3.63) is 0 Å². The highest BCUT2D eigenvalue weighted by Crippen LogP contribution is 2.13. The van der Waals surface area contributed by atoms with E-state index >= 15 is 0 Å². The minimum absolute atomic E-state index is 0.0389. The van der Waals surface area contributed by atoms with E-state index in [2.05, 4.69) is 13.8 Å². The molecule has 0 saturated heterocycles. The SMILES string of the molecule is CCCCCCCCCCCCCCOC(=O)CCCCCCCCC(=O)OC(C)CCCC. The van der Waals surface area contributed by atoms with Gasteiger partial charge in [-0.1, -0.05) is 123 Å². The quantitative estimate of drug-likeness (QED) is 0.0909. The molecular formula is C30H58O4. The molecule has 202 valence electrons. The molecule has 0 fully saturated rings. The third-order valence-corrected chi connectivity index (χ3v) is 6.57. The molecule has 0 aliphatic rings. The smallest absolute Gasteiger partial charge is 0.306 e. The molecule has 0 bridgehead atoms. The molecule has 0 N–H and O–H groups in total. The van der Waals surface area contributed by atoms with Crippen LogP contribution in [0.25, 0.3) is 0 Å². The molecule has 0 aliphatic heterocycles. The second kappa shape index (κ2) is 26.5. The number of hydrogen-bond acceptors (Lipinski definition) is 4. The number of carbonyl (C=O) groups excluding carboxylic acids is 2. The van der Waals surface area contributed by atoms with Gasteiger partial charge in [0.25, 0.3) is 0 Å². The summed E-state index contributed by atoms with van der Waals surface area (Å²) in [5, 5.41) is 0. The van der Waals surface area contributed by atoms with Crippen LogP contribution in [0.4, 0.5) is 0 Å². The molecular weight excluding hydrogens is 424 g/mol. The fraction of sp³-hybridized carbons (Fsp3) is 0.933. The number of esters is 2. The highest BCUT2D eigenvalue weighted by Gasteiger charge is 2.08. The number of ether oxygens (including phenoxy) is 2. The molecule has 0 spiro atoms. The average molecular weight is 483 g/mol. The fourth-order valence-electron chi connectivity index (χ4n) is 4.28. The van der Waals surface area contributed by atoms with Crippen molar-refractivity contribution in [2.75, 3.05) is 6.61 Å². The van der Waals surface area contributed by atoms with Gasteiger partial charge >= 0.3 is 11.9 Å². The first-order valence-electron chi connectivity index (χ1n) is 14.9. The zero-order valence-electron chi connectivity index (χ0n) is 23.2. The van der Waals surface area contributed by atoms with Gasteiger partial charge in [0.15, 0.2) is 0 Å². The molecule has 0 aromatic rings. The summed E-state index contributed by atoms with van der Waals surface area (Å²) in [6, 6.07) is 0. The first-order valence-corrected chi connectivity index (χ1v) is 14.9. The van der Waals surface area contributed by atoms with Crippen molar-refractivity contribution in [2.24, 2.45) is 0 Å². The maximum absolute atomic E-state index is 11.8. The van der Waals surface area contributed by atoms with Crippen molar-refractivity contribution in [2.45, 2.75) is 175 Å². The van der Waals surface area contributed by atoms with Gasteiger partial charge < -0.3 is 9.47 Å². The van der Waals surface area contributed by atoms with Gasteiger partial charge in [0.2, 0.25) is 0 Å². The number of hydrogen-bond donors (Lipinski definition) is 0. The molecule has 1 unspecified atom stereocenters. The van der Waals surface area contributed by atoms with Crippen molar-refractivity contribution in [3.63, 3.8) is 0 Å². The van der Waals surface area contributed by atoms with Crippen LogP contribution in [0.3, 0.4) is 0 Å². The molecule has 4 nitrogen and oxygen atoms in total. The third kappa shape index (κ3) is 25.6. The minimum Gasteiger partial charge on any atom is -0.466 e. The van der Waals surface area contributed by atoms with E-state index in [1.165, 1.54) is 70.6 Å². The predicted molar refractivity (Wildman–Crippen MR) is 144 cm³/mol. The van der Waals surface area contributed by atoms with Crippen LogP contribution in [0.5, 0.6) is 0 Å². The van der Waals surface area contributed by atoms with Crippen LogP contribution < -0.4 is 0 Å². The lowest BCUT2D eigenvalue weighted by Gasteiger charge is -2.12. The Balaban J connectivity index is 3.29. The van der Waals surface area contributed by atoms with Gasteiger partial charge in [-0.05, 0) is 32.6 Å². The first kappa shape index (κ1) is 32.9. The van der Waals surface area contributed by atoms with E-state index in [0.717, 1.165) is 64.2 Å². The Labute approximate surface area is 212 Å². The molecule has 0 aromatic carbocycles. The van der Waals surface area contributed by atoms with Gasteiger partial charge in [-0.25, -0.2) is 0 Å². The van der Waals surface area contributed by atoms with E-state index in [0.29, 0.717) is 19.4 Å². The van der Waals surface area contributed by atoms with Crippen LogP contribution >= 0.6 is 0 Å². The van der Waals surface area contributed by atoms with Crippen LogP contribution in [0, 0.1) is 0 Å². The largest absolute Gasteiger partial charge is 0.466 e. The van der Waals surface area contributed by atoms with E-state index < -0.39 is 0 Å². The van der Waals surface area contributed by atoms with E-state index in [4.69, 9.17) is 9.47 Å². The van der Waals surface area contributed by atoms with Crippen molar-refractivity contribution >= 4 is 11.9 Å². The van der Waals surface area contributed by atoms with Crippen molar-refractivity contribution < 1.29 is 19.1 Å². The summed E-state index contributed by atoms with van der Waals surface area (Å²) in [5.74, 6) is -0.0949. The fourth-order valence-corrected chi connectivity index (χ4v) is 4.28. The zero-order valence-corrected chi connectivity index (χ0v) is 23.2. The average Bonchev–Trinajstić information content (AvgIpc) is 2.82. The normalized spacial score (nSPS) is 12.0. The standard InChI is InChI=1S/C30H58O4/c1-4-6-8-9-10-11-12-13-14-17-20-23-27-33-29(31)25-21-18-15-16-19-22-26-30(32)34-28(3)24-7-5-2/h28H,4-27H2,1-3H3. The molecule has 0 radical (unpaired) electrons. The summed E-state index contributed by atoms with van der Waals surface area (Å²) in [6.07, 6.45) is 26.4. The Morgan fingerprint density at radius 2 is 0.941 bits per heavy atom.